The lowest BCUT2D eigenvalue weighted by Gasteiger charge is -2.63. The largest absolute Gasteiger partial charge is 0.467 e. The van der Waals surface area contributed by atoms with Gasteiger partial charge in [-0.2, -0.15) is 0 Å². The summed E-state index contributed by atoms with van der Waals surface area (Å²) in [5, 5.41) is 14.0. The number of nitrogens with one attached hydrogen (secondary N) is 1. The van der Waals surface area contributed by atoms with Gasteiger partial charge in [0.2, 0.25) is 5.91 Å². The molecule has 0 unspecified atom stereocenters. The smallest absolute Gasteiger partial charge is 0.220 e. The van der Waals surface area contributed by atoms with Crippen LogP contribution in [0.3, 0.4) is 0 Å². The molecule has 0 radical (unpaired) electrons. The number of rotatable bonds is 6. The first-order valence-corrected chi connectivity index (χ1v) is 12.7. The van der Waals surface area contributed by atoms with Crippen LogP contribution in [-0.4, -0.2) is 36.1 Å². The minimum absolute atomic E-state index is 0.0336. The second kappa shape index (κ2) is 9.48. The van der Waals surface area contributed by atoms with Crippen molar-refractivity contribution in [3.8, 4) is 0 Å². The fourth-order valence-electron chi connectivity index (χ4n) is 7.07. The Labute approximate surface area is 202 Å². The predicted molar refractivity (Wildman–Crippen MR) is 128 cm³/mol. The van der Waals surface area contributed by atoms with Crippen molar-refractivity contribution in [2.24, 2.45) is 22.7 Å². The van der Waals surface area contributed by atoms with Gasteiger partial charge < -0.3 is 24.3 Å². The van der Waals surface area contributed by atoms with Gasteiger partial charge in [-0.05, 0) is 60.6 Å². The lowest BCUT2D eigenvalue weighted by atomic mass is 9.46. The van der Waals surface area contributed by atoms with Gasteiger partial charge in [0.15, 0.2) is 6.29 Å². The SMILES string of the molecule is C[C@@]12CO[C@@H](Cc3ccccc3)O[C@H]1CC[C@]1(C)[C@H]2CC[C@@H](O)[C@H]1CC(=O)NCc1ccco1. The molecule has 3 aliphatic rings. The van der Waals surface area contributed by atoms with Crippen LogP contribution in [0.4, 0.5) is 0 Å². The molecule has 3 fully saturated rings. The Morgan fingerprint density at radius 1 is 1.09 bits per heavy atom. The molecule has 6 heteroatoms. The number of hydrogen-bond acceptors (Lipinski definition) is 5. The van der Waals surface area contributed by atoms with E-state index >= 15 is 0 Å². The third-order valence-corrected chi connectivity index (χ3v) is 8.92. The van der Waals surface area contributed by atoms with E-state index in [4.69, 9.17) is 13.9 Å². The molecule has 2 aromatic rings. The highest BCUT2D eigenvalue weighted by molar-refractivity contribution is 5.76. The van der Waals surface area contributed by atoms with Crippen LogP contribution in [0.5, 0.6) is 0 Å². The monoisotopic (exact) mass is 467 g/mol. The molecule has 0 spiro atoms. The Bertz CT molecular complexity index is 962. The summed E-state index contributed by atoms with van der Waals surface area (Å²) in [5.41, 5.74) is 0.964. The standard InChI is InChI=1S/C28H37NO5/c1-27-13-12-24-28(2,18-33-26(34-24)15-19-7-4-3-5-8-19)23(27)11-10-22(30)21(27)16-25(31)29-17-20-9-6-14-32-20/h3-9,14,21-24,26,30H,10-13,15-18H2,1-2H3,(H,29,31)/t21-,22-,23-,24+,26-,27+,28+/m1/s1. The molecule has 7 atom stereocenters. The summed E-state index contributed by atoms with van der Waals surface area (Å²) in [7, 11) is 0. The number of aliphatic hydroxyl groups excluding tert-OH is 1. The normalized spacial score (nSPS) is 37.4. The van der Waals surface area contributed by atoms with Crippen molar-refractivity contribution in [2.45, 2.75) is 77.4 Å². The van der Waals surface area contributed by atoms with E-state index in [0.29, 0.717) is 31.9 Å². The number of carbonyl (C=O) groups excluding carboxylic acids is 1. The van der Waals surface area contributed by atoms with E-state index in [9.17, 15) is 9.90 Å². The van der Waals surface area contributed by atoms with Crippen LogP contribution >= 0.6 is 0 Å². The highest BCUT2D eigenvalue weighted by Crippen LogP contribution is 2.62. The Morgan fingerprint density at radius 2 is 1.91 bits per heavy atom. The first-order chi connectivity index (χ1) is 16.4. The molecule has 2 saturated carbocycles. The van der Waals surface area contributed by atoms with Crippen LogP contribution in [0, 0.1) is 22.7 Å². The summed E-state index contributed by atoms with van der Waals surface area (Å²) in [6.45, 7) is 5.61. The van der Waals surface area contributed by atoms with Crippen LogP contribution < -0.4 is 5.32 Å². The number of furan rings is 1. The van der Waals surface area contributed by atoms with Gasteiger partial charge in [-0.15, -0.1) is 0 Å². The topological polar surface area (TPSA) is 80.9 Å². The maximum absolute atomic E-state index is 12.8. The van der Waals surface area contributed by atoms with Gasteiger partial charge in [0.1, 0.15) is 5.76 Å². The second-order valence-corrected chi connectivity index (χ2v) is 11.0. The molecule has 6 nitrogen and oxygen atoms in total. The molecule has 1 aromatic heterocycles. The first-order valence-electron chi connectivity index (χ1n) is 12.7. The van der Waals surface area contributed by atoms with Crippen molar-refractivity contribution in [1.82, 2.24) is 5.32 Å². The molecule has 1 amide bonds. The van der Waals surface area contributed by atoms with E-state index in [1.165, 1.54) is 5.56 Å². The van der Waals surface area contributed by atoms with Crippen LogP contribution in [0.1, 0.15) is 57.3 Å². The zero-order chi connectivity index (χ0) is 23.8. The number of carbonyl (C=O) groups is 1. The summed E-state index contributed by atoms with van der Waals surface area (Å²) in [6.07, 6.45) is 5.66. The molecule has 2 aliphatic carbocycles. The number of hydrogen-bond donors (Lipinski definition) is 2. The van der Waals surface area contributed by atoms with Crippen LogP contribution in [-0.2, 0) is 27.2 Å². The summed E-state index contributed by atoms with van der Waals surface area (Å²) < 4.78 is 18.2. The predicted octanol–water partition coefficient (Wildman–Crippen LogP) is 4.46. The Morgan fingerprint density at radius 3 is 2.68 bits per heavy atom. The van der Waals surface area contributed by atoms with Gasteiger partial charge in [0, 0.05) is 18.3 Å². The highest BCUT2D eigenvalue weighted by atomic mass is 16.7. The first kappa shape index (κ1) is 23.6. The van der Waals surface area contributed by atoms with Gasteiger partial charge in [0.05, 0.1) is 31.6 Å². The second-order valence-electron chi connectivity index (χ2n) is 11.0. The molecule has 2 heterocycles. The van der Waals surface area contributed by atoms with Crippen LogP contribution in [0.15, 0.2) is 53.1 Å². The van der Waals surface area contributed by atoms with E-state index in [0.717, 1.165) is 31.4 Å². The van der Waals surface area contributed by atoms with Gasteiger partial charge >= 0.3 is 0 Å². The Kier molecular flexibility index (Phi) is 6.58. The highest BCUT2D eigenvalue weighted by Gasteiger charge is 2.61. The van der Waals surface area contributed by atoms with Crippen molar-refractivity contribution < 1.29 is 23.8 Å². The summed E-state index contributed by atoms with van der Waals surface area (Å²) in [5.74, 6) is 0.954. The van der Waals surface area contributed by atoms with E-state index < -0.39 is 6.10 Å². The molecule has 0 bridgehead atoms. The molecule has 5 rings (SSSR count). The summed E-state index contributed by atoms with van der Waals surface area (Å²) in [4.78, 5) is 12.8. The van der Waals surface area contributed by atoms with Crippen molar-refractivity contribution in [3.63, 3.8) is 0 Å². The molecule has 1 saturated heterocycles. The van der Waals surface area contributed by atoms with Gasteiger partial charge in [-0.3, -0.25) is 4.79 Å². The van der Waals surface area contributed by atoms with Gasteiger partial charge in [-0.1, -0.05) is 44.2 Å². The maximum atomic E-state index is 12.8. The third-order valence-electron chi connectivity index (χ3n) is 8.92. The maximum Gasteiger partial charge on any atom is 0.220 e. The zero-order valence-electron chi connectivity index (χ0n) is 20.2. The number of aliphatic hydroxyl groups is 1. The van der Waals surface area contributed by atoms with Gasteiger partial charge in [-0.25, -0.2) is 0 Å². The summed E-state index contributed by atoms with van der Waals surface area (Å²) >= 11 is 0. The molecule has 1 aliphatic heterocycles. The van der Waals surface area contributed by atoms with Gasteiger partial charge in [0.25, 0.3) is 0 Å². The molecule has 2 N–H and O–H groups in total. The van der Waals surface area contributed by atoms with Crippen molar-refractivity contribution in [3.05, 3.63) is 60.1 Å². The van der Waals surface area contributed by atoms with Crippen LogP contribution in [0.25, 0.3) is 0 Å². The number of benzene rings is 1. The number of fused-ring (bicyclic) bond motifs is 3. The minimum Gasteiger partial charge on any atom is -0.467 e. The number of ether oxygens (including phenoxy) is 2. The Balaban J connectivity index is 1.27. The minimum atomic E-state index is -0.466. The molecule has 1 aromatic carbocycles. The van der Waals surface area contributed by atoms with E-state index in [1.54, 1.807) is 6.26 Å². The van der Waals surface area contributed by atoms with Crippen molar-refractivity contribution >= 4 is 5.91 Å². The van der Waals surface area contributed by atoms with Crippen LogP contribution in [0.2, 0.25) is 0 Å². The molecule has 34 heavy (non-hydrogen) atoms. The lowest BCUT2D eigenvalue weighted by Crippen LogP contribution is -2.63. The average molecular weight is 468 g/mol. The molecule has 184 valence electrons. The van der Waals surface area contributed by atoms with Crippen molar-refractivity contribution in [2.75, 3.05) is 6.61 Å². The molecular weight excluding hydrogens is 430 g/mol. The van der Waals surface area contributed by atoms with E-state index in [-0.39, 0.29) is 35.0 Å². The number of amides is 1. The summed E-state index contributed by atoms with van der Waals surface area (Å²) in [6, 6.07) is 14.0. The fourth-order valence-corrected chi connectivity index (χ4v) is 7.07. The lowest BCUT2D eigenvalue weighted by molar-refractivity contribution is -0.308. The van der Waals surface area contributed by atoms with Crippen molar-refractivity contribution in [1.29, 1.82) is 0 Å². The third kappa shape index (κ3) is 4.43. The fraction of sp³-hybridized carbons (Fsp3) is 0.607. The average Bonchev–Trinajstić information content (AvgIpc) is 3.35. The quantitative estimate of drug-likeness (QED) is 0.656. The zero-order valence-corrected chi connectivity index (χ0v) is 20.2. The Hall–Kier alpha value is -2.15. The van der Waals surface area contributed by atoms with E-state index in [2.05, 4.69) is 31.3 Å². The van der Waals surface area contributed by atoms with E-state index in [1.807, 2.05) is 30.3 Å². The molecular formula is C28H37NO5.